The molecule has 2 aromatic rings. The zero-order valence-electron chi connectivity index (χ0n) is 17.1. The lowest BCUT2D eigenvalue weighted by atomic mass is 9.75. The Morgan fingerprint density at radius 2 is 1.62 bits per heavy atom. The number of hydrogen-bond acceptors (Lipinski definition) is 5. The minimum atomic E-state index is -5.08. The van der Waals surface area contributed by atoms with E-state index in [2.05, 4.69) is 27.0 Å². The van der Waals surface area contributed by atoms with Crippen LogP contribution in [0.2, 0.25) is 0 Å². The molecule has 2 fully saturated rings. The van der Waals surface area contributed by atoms with E-state index in [0.717, 1.165) is 6.54 Å². The smallest absolute Gasteiger partial charge is 0.475 e. The number of aliphatic carboxylic acids is 1. The number of piperidine rings is 1. The predicted octanol–water partition coefficient (Wildman–Crippen LogP) is 3.85. The molecule has 1 aromatic heterocycles. The van der Waals surface area contributed by atoms with Gasteiger partial charge in [-0.05, 0) is 18.1 Å². The van der Waals surface area contributed by atoms with Crippen molar-refractivity contribution in [1.82, 2.24) is 14.9 Å². The molecule has 0 bridgehead atoms. The van der Waals surface area contributed by atoms with Crippen LogP contribution < -0.4 is 4.90 Å². The second kappa shape index (κ2) is 9.35. The fourth-order valence-electron chi connectivity index (χ4n) is 4.09. The number of nitrogens with zero attached hydrogens (tertiary/aromatic N) is 4. The number of anilines is 1. The topological polar surface area (TPSA) is 69.6 Å². The lowest BCUT2D eigenvalue weighted by molar-refractivity contribution is -0.192. The largest absolute Gasteiger partial charge is 0.490 e. The molecule has 1 spiro atoms. The lowest BCUT2D eigenvalue weighted by Crippen LogP contribution is -2.56. The highest BCUT2D eigenvalue weighted by Gasteiger charge is 2.59. The maximum absolute atomic E-state index is 14.9. The summed E-state index contributed by atoms with van der Waals surface area (Å²) >= 11 is 0. The van der Waals surface area contributed by atoms with Crippen LogP contribution in [0.15, 0.2) is 48.8 Å². The molecule has 1 aromatic carbocycles. The number of carboxylic acids is 1. The highest BCUT2D eigenvalue weighted by atomic mass is 19.4. The third-order valence-corrected chi connectivity index (χ3v) is 5.72. The number of benzene rings is 1. The van der Waals surface area contributed by atoms with Crippen LogP contribution >= 0.6 is 0 Å². The molecule has 2 aliphatic heterocycles. The van der Waals surface area contributed by atoms with E-state index in [0.29, 0.717) is 38.5 Å². The Bertz CT molecular complexity index is 898. The molecule has 3 heterocycles. The molecule has 32 heavy (non-hydrogen) atoms. The van der Waals surface area contributed by atoms with Crippen molar-refractivity contribution in [3.63, 3.8) is 0 Å². The van der Waals surface area contributed by atoms with Crippen LogP contribution in [0.1, 0.15) is 18.4 Å². The molecule has 0 amide bonds. The van der Waals surface area contributed by atoms with Gasteiger partial charge in [0.05, 0.1) is 5.41 Å². The number of alkyl halides is 5. The average Bonchev–Trinajstić information content (AvgIpc) is 3.18. The van der Waals surface area contributed by atoms with Crippen LogP contribution in [0.25, 0.3) is 0 Å². The van der Waals surface area contributed by atoms with Gasteiger partial charge in [-0.15, -0.1) is 0 Å². The molecule has 1 unspecified atom stereocenters. The molecule has 1 atom stereocenters. The number of carboxylic acid groups (broad SMARTS) is 1. The van der Waals surface area contributed by atoms with Gasteiger partial charge in [0.2, 0.25) is 5.95 Å². The molecular weight excluding hydrogens is 435 g/mol. The Morgan fingerprint density at radius 3 is 2.22 bits per heavy atom. The normalized spacial score (nSPS) is 23.0. The summed E-state index contributed by atoms with van der Waals surface area (Å²) in [7, 11) is 0. The van der Waals surface area contributed by atoms with Crippen LogP contribution in [0.3, 0.4) is 0 Å². The number of aromatic nitrogens is 2. The second-order valence-electron chi connectivity index (χ2n) is 7.95. The molecule has 2 saturated heterocycles. The van der Waals surface area contributed by atoms with Crippen LogP contribution in [-0.4, -0.2) is 64.2 Å². The summed E-state index contributed by atoms with van der Waals surface area (Å²) in [6, 6.07) is 11.8. The summed E-state index contributed by atoms with van der Waals surface area (Å²) < 4.78 is 61.5. The van der Waals surface area contributed by atoms with Crippen molar-refractivity contribution < 1.29 is 31.9 Å². The molecule has 0 radical (unpaired) electrons. The van der Waals surface area contributed by atoms with Crippen molar-refractivity contribution >= 4 is 11.9 Å². The standard InChI is InChI=1S/C19H22F2N4.C2HF3O2/c20-19(21)8-11-24(13-16-5-2-1-3-6-16)14-18(19)7-12-25(15-18)17-22-9-4-10-23-17;3-2(4,5)1(6)7/h1-6,9-10H,7-8,11-15H2;(H,6,7). The summed E-state index contributed by atoms with van der Waals surface area (Å²) in [4.78, 5) is 21.4. The monoisotopic (exact) mass is 458 g/mol. The van der Waals surface area contributed by atoms with Gasteiger partial charge >= 0.3 is 12.1 Å². The van der Waals surface area contributed by atoms with Crippen molar-refractivity contribution in [2.45, 2.75) is 31.5 Å². The molecule has 0 aliphatic carbocycles. The van der Waals surface area contributed by atoms with Gasteiger partial charge in [0, 0.05) is 51.5 Å². The first kappa shape index (κ1) is 23.8. The molecular formula is C21H23F5N4O2. The van der Waals surface area contributed by atoms with Gasteiger partial charge in [0.15, 0.2) is 0 Å². The Labute approximate surface area is 181 Å². The predicted molar refractivity (Wildman–Crippen MR) is 106 cm³/mol. The highest BCUT2D eigenvalue weighted by molar-refractivity contribution is 5.73. The van der Waals surface area contributed by atoms with Crippen molar-refractivity contribution in [3.8, 4) is 0 Å². The van der Waals surface area contributed by atoms with Crippen LogP contribution in [0.5, 0.6) is 0 Å². The Morgan fingerprint density at radius 1 is 1.00 bits per heavy atom. The first-order valence-electron chi connectivity index (χ1n) is 9.99. The van der Waals surface area contributed by atoms with Crippen molar-refractivity contribution in [1.29, 1.82) is 0 Å². The number of hydrogen-bond donors (Lipinski definition) is 1. The van der Waals surface area contributed by atoms with E-state index in [4.69, 9.17) is 9.90 Å². The SMILES string of the molecule is FC1(F)CCN(Cc2ccccc2)CC12CCN(c1ncccn1)C2.O=C(O)C(F)(F)F. The summed E-state index contributed by atoms with van der Waals surface area (Å²) in [5.41, 5.74) is 0.156. The Balaban J connectivity index is 0.000000360. The van der Waals surface area contributed by atoms with E-state index in [9.17, 15) is 22.0 Å². The Kier molecular flexibility index (Phi) is 6.97. The van der Waals surface area contributed by atoms with Gasteiger partial charge in [-0.25, -0.2) is 23.5 Å². The minimum Gasteiger partial charge on any atom is -0.475 e. The van der Waals surface area contributed by atoms with Gasteiger partial charge in [0.1, 0.15) is 0 Å². The minimum absolute atomic E-state index is 0.0800. The van der Waals surface area contributed by atoms with E-state index in [-0.39, 0.29) is 6.42 Å². The summed E-state index contributed by atoms with van der Waals surface area (Å²) in [5, 5.41) is 7.12. The van der Waals surface area contributed by atoms with Gasteiger partial charge in [-0.3, -0.25) is 4.90 Å². The number of rotatable bonds is 3. The summed E-state index contributed by atoms with van der Waals surface area (Å²) in [6.45, 7) is 2.47. The molecule has 2 aliphatic rings. The quantitative estimate of drug-likeness (QED) is 0.705. The van der Waals surface area contributed by atoms with Crippen molar-refractivity contribution in [2.24, 2.45) is 5.41 Å². The number of halogens is 5. The fourth-order valence-corrected chi connectivity index (χ4v) is 4.09. The average molecular weight is 458 g/mol. The molecule has 11 heteroatoms. The third-order valence-electron chi connectivity index (χ3n) is 5.72. The molecule has 0 saturated carbocycles. The van der Waals surface area contributed by atoms with Crippen LogP contribution in [-0.2, 0) is 11.3 Å². The van der Waals surface area contributed by atoms with Gasteiger partial charge in [-0.1, -0.05) is 30.3 Å². The molecule has 174 valence electrons. The maximum Gasteiger partial charge on any atom is 0.490 e. The molecule has 1 N–H and O–H groups in total. The van der Waals surface area contributed by atoms with E-state index < -0.39 is 23.5 Å². The first-order valence-corrected chi connectivity index (χ1v) is 9.99. The van der Waals surface area contributed by atoms with E-state index in [1.165, 1.54) is 5.56 Å². The van der Waals surface area contributed by atoms with Gasteiger partial charge in [-0.2, -0.15) is 13.2 Å². The van der Waals surface area contributed by atoms with Crippen LogP contribution in [0, 0.1) is 5.41 Å². The fraction of sp³-hybridized carbons (Fsp3) is 0.476. The van der Waals surface area contributed by atoms with E-state index in [1.807, 2.05) is 23.1 Å². The van der Waals surface area contributed by atoms with Crippen LogP contribution in [0.4, 0.5) is 27.9 Å². The van der Waals surface area contributed by atoms with Gasteiger partial charge in [0.25, 0.3) is 5.92 Å². The first-order chi connectivity index (χ1) is 15.0. The summed E-state index contributed by atoms with van der Waals surface area (Å²) in [5.74, 6) is -4.85. The summed E-state index contributed by atoms with van der Waals surface area (Å²) in [6.07, 6.45) is -1.37. The highest BCUT2D eigenvalue weighted by Crippen LogP contribution is 2.50. The Hall–Kier alpha value is -2.82. The van der Waals surface area contributed by atoms with Crippen molar-refractivity contribution in [3.05, 3.63) is 54.4 Å². The number of likely N-dealkylation sites (tertiary alicyclic amines) is 1. The third kappa shape index (κ3) is 5.50. The lowest BCUT2D eigenvalue weighted by Gasteiger charge is -2.46. The van der Waals surface area contributed by atoms with Crippen molar-refractivity contribution in [2.75, 3.05) is 31.1 Å². The number of carbonyl (C=O) groups is 1. The molecule has 4 rings (SSSR count). The van der Waals surface area contributed by atoms with Gasteiger partial charge < -0.3 is 10.0 Å². The maximum atomic E-state index is 14.9. The van der Waals surface area contributed by atoms with E-state index in [1.54, 1.807) is 18.5 Å². The zero-order chi connectivity index (χ0) is 23.4. The van der Waals surface area contributed by atoms with E-state index >= 15 is 0 Å². The molecule has 6 nitrogen and oxygen atoms in total. The second-order valence-corrected chi connectivity index (χ2v) is 7.95. The zero-order valence-corrected chi connectivity index (χ0v) is 17.1.